The number of aliphatic hydroxyl groups excluding tert-OH is 1. The van der Waals surface area contributed by atoms with Crippen molar-refractivity contribution in [2.75, 3.05) is 18.5 Å². The summed E-state index contributed by atoms with van der Waals surface area (Å²) in [7, 11) is 0. The highest BCUT2D eigenvalue weighted by atomic mass is 16.3. The van der Waals surface area contributed by atoms with E-state index >= 15 is 0 Å². The fourth-order valence-electron chi connectivity index (χ4n) is 2.84. The Balaban J connectivity index is 2.21. The number of likely N-dealkylation sites (tertiary alicyclic amines) is 1. The quantitative estimate of drug-likeness (QED) is 0.873. The first-order chi connectivity index (χ1) is 10.1. The molecule has 2 N–H and O–H groups in total. The second kappa shape index (κ2) is 7.41. The highest BCUT2D eigenvalue weighted by Gasteiger charge is 2.28. The summed E-state index contributed by atoms with van der Waals surface area (Å²) in [5, 5.41) is 12.4. The van der Waals surface area contributed by atoms with Crippen LogP contribution in [-0.2, 0) is 0 Å². The molecule has 21 heavy (non-hydrogen) atoms. The van der Waals surface area contributed by atoms with E-state index in [1.807, 2.05) is 24.8 Å². The average Bonchev–Trinajstić information content (AvgIpc) is 2.47. The van der Waals surface area contributed by atoms with Crippen molar-refractivity contribution >= 4 is 11.7 Å². The van der Waals surface area contributed by atoms with Crippen LogP contribution >= 0.6 is 0 Å². The third-order valence-electron chi connectivity index (χ3n) is 3.81. The minimum Gasteiger partial charge on any atom is -0.396 e. The molecule has 5 heteroatoms. The molecule has 0 radical (unpaired) electrons. The molecule has 1 amide bonds. The predicted octanol–water partition coefficient (Wildman–Crippen LogP) is 2.28. The number of aliphatic hydroxyl groups is 1. The normalized spacial score (nSPS) is 18.9. The van der Waals surface area contributed by atoms with Gasteiger partial charge in [-0.05, 0) is 51.7 Å². The summed E-state index contributed by atoms with van der Waals surface area (Å²) >= 11 is 0. The van der Waals surface area contributed by atoms with E-state index in [2.05, 4.69) is 10.3 Å². The molecule has 0 aromatic carbocycles. The first-order valence-corrected chi connectivity index (χ1v) is 7.77. The molecule has 1 saturated heterocycles. The SMILES string of the molecule is CC(C)Nc1ncccc1C(=O)N1CCCCC1CCO. The zero-order valence-corrected chi connectivity index (χ0v) is 12.9. The van der Waals surface area contributed by atoms with Crippen molar-refractivity contribution in [3.8, 4) is 0 Å². The van der Waals surface area contributed by atoms with E-state index < -0.39 is 0 Å². The molecule has 1 unspecified atom stereocenters. The van der Waals surface area contributed by atoms with Crippen LogP contribution in [-0.4, -0.2) is 46.1 Å². The number of anilines is 1. The van der Waals surface area contributed by atoms with Crippen LogP contribution in [0, 0.1) is 0 Å². The summed E-state index contributed by atoms with van der Waals surface area (Å²) in [5.41, 5.74) is 0.621. The van der Waals surface area contributed by atoms with Crippen LogP contribution in [0.5, 0.6) is 0 Å². The lowest BCUT2D eigenvalue weighted by Crippen LogP contribution is -2.44. The van der Waals surface area contributed by atoms with Crippen LogP contribution in [0.2, 0.25) is 0 Å². The van der Waals surface area contributed by atoms with Gasteiger partial charge in [-0.15, -0.1) is 0 Å². The maximum Gasteiger partial charge on any atom is 0.257 e. The number of nitrogens with one attached hydrogen (secondary N) is 1. The summed E-state index contributed by atoms with van der Waals surface area (Å²) in [6.45, 7) is 4.94. The van der Waals surface area contributed by atoms with Gasteiger partial charge >= 0.3 is 0 Å². The van der Waals surface area contributed by atoms with Crippen molar-refractivity contribution in [1.29, 1.82) is 0 Å². The van der Waals surface area contributed by atoms with E-state index in [0.717, 1.165) is 25.8 Å². The Bertz CT molecular complexity index is 474. The van der Waals surface area contributed by atoms with Gasteiger partial charge in [-0.25, -0.2) is 4.98 Å². The van der Waals surface area contributed by atoms with Crippen molar-refractivity contribution in [2.24, 2.45) is 0 Å². The Kier molecular flexibility index (Phi) is 5.56. The van der Waals surface area contributed by atoms with E-state index in [0.29, 0.717) is 17.8 Å². The van der Waals surface area contributed by atoms with Crippen molar-refractivity contribution < 1.29 is 9.90 Å². The smallest absolute Gasteiger partial charge is 0.257 e. The molecule has 116 valence electrons. The van der Waals surface area contributed by atoms with Crippen LogP contribution in [0.4, 0.5) is 5.82 Å². The van der Waals surface area contributed by atoms with Crippen molar-refractivity contribution in [1.82, 2.24) is 9.88 Å². The van der Waals surface area contributed by atoms with Crippen molar-refractivity contribution in [3.63, 3.8) is 0 Å². The molecule has 1 aromatic rings. The fourth-order valence-corrected chi connectivity index (χ4v) is 2.84. The second-order valence-corrected chi connectivity index (χ2v) is 5.86. The van der Waals surface area contributed by atoms with Gasteiger partial charge in [0.15, 0.2) is 0 Å². The Morgan fingerprint density at radius 3 is 3.05 bits per heavy atom. The van der Waals surface area contributed by atoms with Gasteiger partial charge in [0, 0.05) is 31.4 Å². The number of hydrogen-bond acceptors (Lipinski definition) is 4. The van der Waals surface area contributed by atoms with Gasteiger partial charge in [0.1, 0.15) is 5.82 Å². The van der Waals surface area contributed by atoms with Gasteiger partial charge in [-0.2, -0.15) is 0 Å². The highest BCUT2D eigenvalue weighted by molar-refractivity contribution is 5.99. The van der Waals surface area contributed by atoms with E-state index in [1.54, 1.807) is 12.3 Å². The number of aromatic nitrogens is 1. The number of piperidine rings is 1. The Hall–Kier alpha value is -1.62. The third-order valence-corrected chi connectivity index (χ3v) is 3.81. The summed E-state index contributed by atoms with van der Waals surface area (Å²) in [5.74, 6) is 0.662. The Labute approximate surface area is 126 Å². The molecule has 1 fully saturated rings. The molecular formula is C16H25N3O2. The molecule has 1 aromatic heterocycles. The molecule has 0 saturated carbocycles. The number of pyridine rings is 1. The van der Waals surface area contributed by atoms with E-state index in [4.69, 9.17) is 0 Å². The zero-order chi connectivity index (χ0) is 15.2. The molecule has 5 nitrogen and oxygen atoms in total. The molecule has 1 atom stereocenters. The number of amides is 1. The van der Waals surface area contributed by atoms with Crippen LogP contribution in [0.1, 0.15) is 49.9 Å². The lowest BCUT2D eigenvalue weighted by atomic mass is 9.98. The van der Waals surface area contributed by atoms with Crippen LogP contribution in [0.25, 0.3) is 0 Å². The van der Waals surface area contributed by atoms with Crippen molar-refractivity contribution in [2.45, 2.75) is 51.6 Å². The first kappa shape index (κ1) is 15.8. The first-order valence-electron chi connectivity index (χ1n) is 7.77. The molecule has 0 spiro atoms. The van der Waals surface area contributed by atoms with Gasteiger partial charge < -0.3 is 15.3 Å². The van der Waals surface area contributed by atoms with Gasteiger partial charge in [0.05, 0.1) is 5.56 Å². The van der Waals surface area contributed by atoms with Crippen LogP contribution in [0.3, 0.4) is 0 Å². The lowest BCUT2D eigenvalue weighted by molar-refractivity contribution is 0.0575. The van der Waals surface area contributed by atoms with Crippen LogP contribution in [0.15, 0.2) is 18.3 Å². The van der Waals surface area contributed by atoms with Gasteiger partial charge in [-0.3, -0.25) is 4.79 Å². The molecule has 1 aliphatic rings. The van der Waals surface area contributed by atoms with Gasteiger partial charge in [0.2, 0.25) is 0 Å². The molecule has 2 rings (SSSR count). The highest BCUT2D eigenvalue weighted by Crippen LogP contribution is 2.24. The second-order valence-electron chi connectivity index (χ2n) is 5.86. The fraction of sp³-hybridized carbons (Fsp3) is 0.625. The summed E-state index contributed by atoms with van der Waals surface area (Å²) in [4.78, 5) is 19.1. The number of nitrogens with zero attached hydrogens (tertiary/aromatic N) is 2. The molecular weight excluding hydrogens is 266 g/mol. The topological polar surface area (TPSA) is 65.5 Å². The minimum absolute atomic E-state index is 0.0180. The summed E-state index contributed by atoms with van der Waals surface area (Å²) in [6, 6.07) is 3.98. The maximum atomic E-state index is 12.9. The number of carbonyl (C=O) groups is 1. The monoisotopic (exact) mass is 291 g/mol. The Morgan fingerprint density at radius 2 is 2.33 bits per heavy atom. The van der Waals surface area contributed by atoms with Crippen LogP contribution < -0.4 is 5.32 Å². The number of hydrogen-bond donors (Lipinski definition) is 2. The zero-order valence-electron chi connectivity index (χ0n) is 12.9. The van der Waals surface area contributed by atoms with Gasteiger partial charge in [0.25, 0.3) is 5.91 Å². The lowest BCUT2D eigenvalue weighted by Gasteiger charge is -2.36. The number of carbonyl (C=O) groups excluding carboxylic acids is 1. The van der Waals surface area contributed by atoms with Gasteiger partial charge in [-0.1, -0.05) is 0 Å². The largest absolute Gasteiger partial charge is 0.396 e. The molecule has 1 aliphatic heterocycles. The van der Waals surface area contributed by atoms with E-state index in [1.165, 1.54) is 0 Å². The maximum absolute atomic E-state index is 12.9. The Morgan fingerprint density at radius 1 is 1.52 bits per heavy atom. The summed E-state index contributed by atoms with van der Waals surface area (Å²) in [6.07, 6.45) is 5.47. The minimum atomic E-state index is 0.0180. The van der Waals surface area contributed by atoms with E-state index in [-0.39, 0.29) is 24.6 Å². The summed E-state index contributed by atoms with van der Waals surface area (Å²) < 4.78 is 0. The van der Waals surface area contributed by atoms with Crippen molar-refractivity contribution in [3.05, 3.63) is 23.9 Å². The van der Waals surface area contributed by atoms with E-state index in [9.17, 15) is 9.90 Å². The molecule has 0 bridgehead atoms. The third kappa shape index (κ3) is 3.94. The molecule has 0 aliphatic carbocycles. The average molecular weight is 291 g/mol. The standard InChI is InChI=1S/C16H25N3O2/c1-12(2)18-15-14(7-5-9-17-15)16(21)19-10-4-3-6-13(19)8-11-20/h5,7,9,12-13,20H,3-4,6,8,10-11H2,1-2H3,(H,17,18). The molecule has 2 heterocycles. The number of rotatable bonds is 5. The predicted molar refractivity (Wildman–Crippen MR) is 83.4 cm³/mol.